The van der Waals surface area contributed by atoms with E-state index in [0.717, 1.165) is 12.8 Å². The van der Waals surface area contributed by atoms with Crippen LogP contribution >= 0.6 is 8.03 Å². The van der Waals surface area contributed by atoms with E-state index >= 15 is 0 Å². The molecule has 1 atom stereocenters. The first-order chi connectivity index (χ1) is 4.13. The van der Waals surface area contributed by atoms with Crippen molar-refractivity contribution in [1.29, 1.82) is 0 Å². The van der Waals surface area contributed by atoms with E-state index in [-0.39, 0.29) is 0 Å². The largest absolute Gasteiger partial charge is 0.346 e. The molecule has 2 nitrogen and oxygen atoms in total. The second kappa shape index (κ2) is 5.01. The summed E-state index contributed by atoms with van der Waals surface area (Å²) < 4.78 is 10.2. The molecular formula is C6H15O2P. The van der Waals surface area contributed by atoms with Crippen molar-refractivity contribution in [2.45, 2.75) is 26.7 Å². The Labute approximate surface area is 57.1 Å². The van der Waals surface area contributed by atoms with Crippen molar-refractivity contribution in [3.63, 3.8) is 0 Å². The van der Waals surface area contributed by atoms with Crippen molar-refractivity contribution in [2.24, 2.45) is 5.92 Å². The summed E-state index contributed by atoms with van der Waals surface area (Å²) in [6, 6.07) is 0. The highest BCUT2D eigenvalue weighted by Crippen LogP contribution is 2.16. The highest BCUT2D eigenvalue weighted by molar-refractivity contribution is 7.37. The average Bonchev–Trinajstić information content (AvgIpc) is 1.63. The van der Waals surface area contributed by atoms with Crippen LogP contribution in [0.5, 0.6) is 0 Å². The maximum absolute atomic E-state index is 10.2. The second-order valence-electron chi connectivity index (χ2n) is 2.68. The Balaban J connectivity index is 3.01. The van der Waals surface area contributed by atoms with E-state index in [0.29, 0.717) is 12.1 Å². The molecule has 0 rings (SSSR count). The first-order valence-corrected chi connectivity index (χ1v) is 4.91. The third kappa shape index (κ3) is 8.19. The molecule has 0 radical (unpaired) electrons. The fourth-order valence-electron chi connectivity index (χ4n) is 0.662. The molecule has 9 heavy (non-hydrogen) atoms. The van der Waals surface area contributed by atoms with Crippen LogP contribution in [0.25, 0.3) is 0 Å². The molecule has 0 saturated heterocycles. The predicted molar refractivity (Wildman–Crippen MR) is 40.2 cm³/mol. The fraction of sp³-hybridized carbons (Fsp3) is 1.00. The zero-order valence-corrected chi connectivity index (χ0v) is 7.05. The Morgan fingerprint density at radius 3 is 2.44 bits per heavy atom. The summed E-state index contributed by atoms with van der Waals surface area (Å²) in [5.74, 6) is 0.659. The first-order valence-electron chi connectivity index (χ1n) is 3.34. The summed E-state index contributed by atoms with van der Waals surface area (Å²) in [5, 5.41) is 0. The summed E-state index contributed by atoms with van der Waals surface area (Å²) in [6.07, 6.45) is 2.46. The van der Waals surface area contributed by atoms with Crippen molar-refractivity contribution in [3.8, 4) is 0 Å². The summed E-state index contributed by atoms with van der Waals surface area (Å²) in [6.45, 7) is 4.24. The van der Waals surface area contributed by atoms with Gasteiger partial charge in [0.05, 0.1) is 0 Å². The van der Waals surface area contributed by atoms with Gasteiger partial charge in [0.15, 0.2) is 8.03 Å². The summed E-state index contributed by atoms with van der Waals surface area (Å²) in [5.41, 5.74) is 0. The number of hydrogen-bond donors (Lipinski definition) is 1. The summed E-state index contributed by atoms with van der Waals surface area (Å²) >= 11 is 0. The van der Waals surface area contributed by atoms with E-state index in [1.165, 1.54) is 0 Å². The smallest absolute Gasteiger partial charge is 0.189 e. The van der Waals surface area contributed by atoms with Crippen LogP contribution < -0.4 is 0 Å². The van der Waals surface area contributed by atoms with Gasteiger partial charge in [-0.15, -0.1) is 0 Å². The normalized spacial score (nSPS) is 14.2. The zero-order valence-electron chi connectivity index (χ0n) is 6.05. The van der Waals surface area contributed by atoms with E-state index in [1.54, 1.807) is 0 Å². The van der Waals surface area contributed by atoms with Crippen LogP contribution in [-0.2, 0) is 4.57 Å². The highest BCUT2D eigenvalue weighted by Gasteiger charge is 1.95. The molecule has 0 fully saturated rings. The molecule has 3 heteroatoms. The van der Waals surface area contributed by atoms with Gasteiger partial charge in [0.25, 0.3) is 0 Å². The average molecular weight is 150 g/mol. The van der Waals surface area contributed by atoms with Crippen molar-refractivity contribution in [1.82, 2.24) is 0 Å². The molecule has 0 spiro atoms. The molecule has 56 valence electrons. The van der Waals surface area contributed by atoms with Gasteiger partial charge >= 0.3 is 0 Å². The SMILES string of the molecule is CC(C)CCC[PH](=O)O. The minimum Gasteiger partial charge on any atom is -0.346 e. The van der Waals surface area contributed by atoms with Crippen molar-refractivity contribution in [2.75, 3.05) is 6.16 Å². The molecule has 0 aromatic heterocycles. The molecule has 0 amide bonds. The molecule has 1 unspecified atom stereocenters. The van der Waals surface area contributed by atoms with E-state index < -0.39 is 8.03 Å². The topological polar surface area (TPSA) is 37.3 Å². The minimum absolute atomic E-state index is 0.503. The van der Waals surface area contributed by atoms with Crippen molar-refractivity contribution in [3.05, 3.63) is 0 Å². The van der Waals surface area contributed by atoms with E-state index in [9.17, 15) is 4.57 Å². The molecule has 0 aliphatic heterocycles. The molecule has 1 N–H and O–H groups in total. The lowest BCUT2D eigenvalue weighted by Gasteiger charge is -2.00. The molecule has 0 aromatic carbocycles. The Hall–Kier alpha value is 0.190. The zero-order chi connectivity index (χ0) is 7.28. The molecule has 0 aromatic rings. The predicted octanol–water partition coefficient (Wildman–Crippen LogP) is 1.89. The van der Waals surface area contributed by atoms with Crippen LogP contribution in [0.2, 0.25) is 0 Å². The van der Waals surface area contributed by atoms with Crippen LogP contribution in [0.15, 0.2) is 0 Å². The second-order valence-corrected chi connectivity index (χ2v) is 3.97. The van der Waals surface area contributed by atoms with Gasteiger partial charge in [0.2, 0.25) is 0 Å². The lowest BCUT2D eigenvalue weighted by atomic mass is 10.1. The van der Waals surface area contributed by atoms with Crippen LogP contribution in [0.3, 0.4) is 0 Å². The lowest BCUT2D eigenvalue weighted by molar-refractivity contribution is 0.494. The Morgan fingerprint density at radius 1 is 1.56 bits per heavy atom. The quantitative estimate of drug-likeness (QED) is 0.621. The van der Waals surface area contributed by atoms with E-state index in [2.05, 4.69) is 13.8 Å². The van der Waals surface area contributed by atoms with Gasteiger partial charge in [-0.1, -0.05) is 20.3 Å². The van der Waals surface area contributed by atoms with Gasteiger partial charge in [-0.05, 0) is 12.3 Å². The van der Waals surface area contributed by atoms with Crippen LogP contribution in [0, 0.1) is 5.92 Å². The first kappa shape index (κ1) is 9.19. The third-order valence-electron chi connectivity index (χ3n) is 1.17. The summed E-state index contributed by atoms with van der Waals surface area (Å²) in [7, 11) is -2.18. The highest BCUT2D eigenvalue weighted by atomic mass is 31.1. The maximum Gasteiger partial charge on any atom is 0.189 e. The number of hydrogen-bond acceptors (Lipinski definition) is 1. The van der Waals surface area contributed by atoms with Crippen LogP contribution in [0.1, 0.15) is 26.7 Å². The van der Waals surface area contributed by atoms with Crippen molar-refractivity contribution >= 4 is 8.03 Å². The Bertz CT molecular complexity index is 91.1. The van der Waals surface area contributed by atoms with Gasteiger partial charge in [0, 0.05) is 6.16 Å². The van der Waals surface area contributed by atoms with Gasteiger partial charge in [-0.3, -0.25) is 4.57 Å². The third-order valence-corrected chi connectivity index (χ3v) is 1.95. The molecule has 0 aliphatic carbocycles. The molecule has 0 heterocycles. The van der Waals surface area contributed by atoms with E-state index in [1.807, 2.05) is 0 Å². The molecular weight excluding hydrogens is 135 g/mol. The molecule has 0 saturated carbocycles. The fourth-order valence-corrected chi connectivity index (χ4v) is 1.17. The van der Waals surface area contributed by atoms with Crippen LogP contribution in [0.4, 0.5) is 0 Å². The summed E-state index contributed by atoms with van der Waals surface area (Å²) in [4.78, 5) is 8.41. The van der Waals surface area contributed by atoms with Crippen LogP contribution in [-0.4, -0.2) is 11.1 Å². The molecule has 0 bridgehead atoms. The van der Waals surface area contributed by atoms with Gasteiger partial charge in [0.1, 0.15) is 0 Å². The maximum atomic E-state index is 10.2. The van der Waals surface area contributed by atoms with Gasteiger partial charge in [-0.25, -0.2) is 0 Å². The Kier molecular flexibility index (Phi) is 5.12. The minimum atomic E-state index is -2.18. The lowest BCUT2D eigenvalue weighted by Crippen LogP contribution is -1.87. The monoisotopic (exact) mass is 150 g/mol. The van der Waals surface area contributed by atoms with Crippen molar-refractivity contribution < 1.29 is 9.46 Å². The van der Waals surface area contributed by atoms with E-state index in [4.69, 9.17) is 4.89 Å². The molecule has 0 aliphatic rings. The number of rotatable bonds is 4. The standard InChI is InChI=1S/C6H15O2P/c1-6(2)4-3-5-9(7)8/h6,9H,3-5H2,1-2H3,(H,7,8). The Morgan fingerprint density at radius 2 is 2.11 bits per heavy atom. The van der Waals surface area contributed by atoms with Gasteiger partial charge < -0.3 is 4.89 Å². The van der Waals surface area contributed by atoms with Gasteiger partial charge in [-0.2, -0.15) is 0 Å².